The first kappa shape index (κ1) is 116. The Labute approximate surface area is 813 Å². The summed E-state index contributed by atoms with van der Waals surface area (Å²) in [5, 5.41) is 67.2. The number of benzene rings is 3. The third-order valence-corrected chi connectivity index (χ3v) is 24.5. The van der Waals surface area contributed by atoms with Gasteiger partial charge in [0.15, 0.2) is 11.9 Å². The molecule has 0 unspecified atom stereocenters. The molecule has 16 atom stereocenters. The molecule has 2 heterocycles. The van der Waals surface area contributed by atoms with Crippen LogP contribution in [0.25, 0.3) is 21.8 Å². The predicted molar refractivity (Wildman–Crippen MR) is 529 cm³/mol. The minimum atomic E-state index is -2.01. The molecule has 5 aromatic rings. The summed E-state index contributed by atoms with van der Waals surface area (Å²) in [4.78, 5) is 237. The van der Waals surface area contributed by atoms with Crippen molar-refractivity contribution in [2.45, 2.75) is 273 Å². The lowest BCUT2D eigenvalue weighted by Crippen LogP contribution is -2.62. The van der Waals surface area contributed by atoms with E-state index in [2.05, 4.69) is 89.7 Å². The van der Waals surface area contributed by atoms with Crippen LogP contribution in [0.3, 0.4) is 0 Å². The number of nitrogens with one attached hydrogen (secondary N) is 19. The summed E-state index contributed by atoms with van der Waals surface area (Å²) >= 11 is 1.29. The first-order chi connectivity index (χ1) is 66.4. The predicted octanol–water partition coefficient (Wildman–Crippen LogP) is -2.58. The third-order valence-electron chi connectivity index (χ3n) is 23.9. The molecule has 0 aliphatic carbocycles. The van der Waals surface area contributed by atoms with Crippen LogP contribution >= 0.6 is 11.8 Å². The van der Waals surface area contributed by atoms with Crippen LogP contribution < -0.4 is 131 Å². The lowest BCUT2D eigenvalue weighted by molar-refractivity contribution is -0.142. The summed E-state index contributed by atoms with van der Waals surface area (Å²) in [7, 11) is 0. The smallest absolute Gasteiger partial charge is 0.326 e. The maximum Gasteiger partial charge on any atom is 0.326 e. The largest absolute Gasteiger partial charge is 0.480 e. The van der Waals surface area contributed by atoms with Gasteiger partial charge in [0.1, 0.15) is 78.5 Å². The Morgan fingerprint density at radius 3 is 1.05 bits per heavy atom. The Morgan fingerprint density at radius 2 is 0.676 bits per heavy atom. The van der Waals surface area contributed by atoms with E-state index in [9.17, 15) is 48.3 Å². The van der Waals surface area contributed by atoms with Gasteiger partial charge in [0.05, 0.1) is 12.5 Å². The van der Waals surface area contributed by atoms with Gasteiger partial charge in [0.25, 0.3) is 0 Å². The van der Waals surface area contributed by atoms with Gasteiger partial charge in [0, 0.05) is 73.0 Å². The number of aliphatic carboxylic acids is 1. The number of rotatable bonds is 69. The maximum atomic E-state index is 15.4. The molecule has 0 fully saturated rings. The zero-order valence-corrected chi connectivity index (χ0v) is 80.9. The number of H-pyrrole nitrogens is 2. The highest BCUT2D eigenvalue weighted by Gasteiger charge is 2.40. The lowest BCUT2D eigenvalue weighted by atomic mass is 9.95. The van der Waals surface area contributed by atoms with Crippen molar-refractivity contribution in [3.63, 3.8) is 0 Å². The number of guanidine groups is 2. The van der Waals surface area contributed by atoms with Crippen LogP contribution in [0, 0.1) is 22.7 Å². The number of hydrogen-bond donors (Lipinski definition) is 29. The van der Waals surface area contributed by atoms with Crippen LogP contribution in [0.5, 0.6) is 0 Å². The van der Waals surface area contributed by atoms with Crippen LogP contribution in [0.1, 0.15) is 186 Å². The average molecular weight is 1960 g/mol. The molecule has 0 spiro atoms. The zero-order chi connectivity index (χ0) is 103. The molecule has 768 valence electrons. The van der Waals surface area contributed by atoms with E-state index in [1.165, 1.54) is 11.8 Å². The molecule has 0 bridgehead atoms. The Morgan fingerprint density at radius 1 is 0.360 bits per heavy atom. The van der Waals surface area contributed by atoms with Crippen molar-refractivity contribution >= 4 is 140 Å². The van der Waals surface area contributed by atoms with Gasteiger partial charge < -0.3 is 146 Å². The average Bonchev–Trinajstić information content (AvgIpc) is 1.71. The van der Waals surface area contributed by atoms with Crippen molar-refractivity contribution in [2.75, 3.05) is 51.3 Å². The SMILES string of the molecule is CC[C@H](C)[C@H](N)C(=O)N[C@@H](CCCCN)C(=O)N[C@H](C(=O)N[C@@H](Cc1c[nH]c2ccccc12)C(=O)N[C@@H](Cc1ccccc1)C(=O)N[C@@H](CCC(N)=O)C(=O)N[C@@H](CC(N)=O)C(=O)N[C@@H](CCCNC(=N)N)C(=O)N[C@@H](CCCNC(=N)N)C(=O)N[C@@H](CCSC)C(=O)N[C@@H](CCCCN)C(=O)N[C@@H](Cc1c[nH]c2ccccc12)C(=O)N[C@@H](CCCCN)C(=O)N[C@@H](CCCCN)C(=O)O)[C@@H](C)CC. The maximum absolute atomic E-state index is 15.4. The van der Waals surface area contributed by atoms with Crippen molar-refractivity contribution in [3.05, 3.63) is 108 Å². The quantitative estimate of drug-likeness (QED) is 0.0108. The Bertz CT molecular complexity index is 4850. The van der Waals surface area contributed by atoms with Crippen LogP contribution in [0.4, 0.5) is 0 Å². The van der Waals surface area contributed by atoms with Gasteiger partial charge in [-0.05, 0) is 194 Å². The number of para-hydroxylation sites is 2. The lowest BCUT2D eigenvalue weighted by Gasteiger charge is -2.30. The summed E-state index contributed by atoms with van der Waals surface area (Å²) in [5.41, 5.74) is 55.2. The highest BCUT2D eigenvalue weighted by Crippen LogP contribution is 2.24. The second kappa shape index (κ2) is 62.7. The number of carboxylic acid groups (broad SMARTS) is 1. The normalized spacial score (nSPS) is 14.7. The molecule has 0 aliphatic rings. The fraction of sp³-hybridized carbons (Fsp3) is 0.570. The molecule has 139 heavy (non-hydrogen) atoms. The number of primary amides is 2. The fourth-order valence-electron chi connectivity index (χ4n) is 15.3. The van der Waals surface area contributed by atoms with E-state index in [0.29, 0.717) is 103 Å². The number of nitrogens with two attached hydrogens (primary N) is 9. The fourth-order valence-corrected chi connectivity index (χ4v) is 15.8. The molecule has 38 N–H and O–H groups in total. The Hall–Kier alpha value is -13.0. The van der Waals surface area contributed by atoms with E-state index >= 15 is 33.6 Å². The first-order valence-corrected chi connectivity index (χ1v) is 48.9. The number of thioether (sulfide) groups is 1. The first-order valence-electron chi connectivity index (χ1n) is 47.5. The minimum Gasteiger partial charge on any atom is -0.480 e. The van der Waals surface area contributed by atoms with E-state index in [0.717, 1.165) is 0 Å². The van der Waals surface area contributed by atoms with Crippen molar-refractivity contribution in [3.8, 4) is 0 Å². The van der Waals surface area contributed by atoms with Gasteiger partial charge in [-0.2, -0.15) is 11.8 Å². The number of aromatic amines is 2. The van der Waals surface area contributed by atoms with Crippen molar-refractivity contribution < 1.29 is 81.8 Å². The van der Waals surface area contributed by atoms with E-state index in [1.54, 1.807) is 118 Å². The van der Waals surface area contributed by atoms with Crippen molar-refractivity contribution in [1.29, 1.82) is 10.8 Å². The molecular formula is C93H148N28O17S. The summed E-state index contributed by atoms with van der Waals surface area (Å²) in [6, 6.07) is 1.74. The van der Waals surface area contributed by atoms with E-state index in [1.807, 2.05) is 6.92 Å². The van der Waals surface area contributed by atoms with E-state index in [4.69, 9.17) is 62.4 Å². The van der Waals surface area contributed by atoms with E-state index in [-0.39, 0.29) is 128 Å². The summed E-state index contributed by atoms with van der Waals surface area (Å²) < 4.78 is 0. The molecule has 0 aliphatic heterocycles. The second-order valence-electron chi connectivity index (χ2n) is 34.7. The molecule has 15 amide bonds. The standard InChI is InChI=1S/C93H148N28O17S/c1-6-53(3)76(100)89(135)115-64(33-17-21-42-96)84(130)121-77(54(4)7-2)90(136)120-72(49-57-52-108-61-30-14-12-28-59(57)61)87(133)117-70(47-55-25-9-8-10-26-55)85(131)113-67(37-38-74(98)122)82(128)119-73(50-75(99)123)88(134)112-66(36-24-45-106-93(103)104)78(124)110-65(35-23-44-105-92(101)102)79(125)114-68(39-46-139-5)83(129)109-63(32-16-20-41-95)81(127)118-71(48-56-51-107-60-29-13-11-27-58(56)60)86(132)111-62(31-15-19-40-94)80(126)116-69(91(137)138)34-18-22-43-97/h8-14,25-30,51-54,62-73,76-77,107-108H,6-7,15-24,31-50,94-97,100H2,1-5H3,(H2,98,122)(H2,99,123)(H,109,129)(H,110,124)(H,111,132)(H,112,134)(H,113,131)(H,114,125)(H,115,135)(H,116,126)(H,117,133)(H,118,127)(H,119,128)(H,120,136)(H,121,130)(H,137,138)(H4,101,102,105)(H4,103,104,106)/t53-,54-,62-,63-,64-,65-,66-,67-,68-,69-,70-,71-,72-,73-,76-,77-/m0/s1. The number of unbranched alkanes of at least 4 members (excludes halogenated alkanes) is 4. The summed E-state index contributed by atoms with van der Waals surface area (Å²) in [5.74, 6) is -17.1. The van der Waals surface area contributed by atoms with Gasteiger partial charge in [-0.3, -0.25) is 82.7 Å². The molecule has 0 saturated heterocycles. The Balaban J connectivity index is 1.49. The zero-order valence-electron chi connectivity index (χ0n) is 80.1. The van der Waals surface area contributed by atoms with Crippen LogP contribution in [-0.4, -0.2) is 257 Å². The van der Waals surface area contributed by atoms with Gasteiger partial charge >= 0.3 is 5.97 Å². The number of aromatic nitrogens is 2. The van der Waals surface area contributed by atoms with Crippen LogP contribution in [0.2, 0.25) is 0 Å². The van der Waals surface area contributed by atoms with Crippen LogP contribution in [-0.2, 0) is 96.0 Å². The Kier molecular flexibility index (Phi) is 52.5. The molecular weight excluding hydrogens is 1810 g/mol. The molecule has 2 aromatic heterocycles. The van der Waals surface area contributed by atoms with Gasteiger partial charge in [-0.15, -0.1) is 0 Å². The topological polar surface area (TPSA) is 787 Å². The second-order valence-corrected chi connectivity index (χ2v) is 35.7. The number of carbonyl (C=O) groups is 16. The molecule has 0 saturated carbocycles. The molecule has 46 heteroatoms. The monoisotopic (exact) mass is 1960 g/mol. The van der Waals surface area contributed by atoms with Gasteiger partial charge in [0.2, 0.25) is 88.6 Å². The highest BCUT2D eigenvalue weighted by atomic mass is 32.2. The third kappa shape index (κ3) is 41.3. The number of carboxylic acids is 1. The van der Waals surface area contributed by atoms with Gasteiger partial charge in [-0.25, -0.2) is 4.79 Å². The minimum absolute atomic E-state index is 0.00404. The number of amides is 15. The molecule has 5 rings (SSSR count). The molecule has 0 radical (unpaired) electrons. The number of hydrogen-bond acceptors (Lipinski definition) is 24. The van der Waals surface area contributed by atoms with E-state index < -0.39 is 216 Å². The van der Waals surface area contributed by atoms with Crippen molar-refractivity contribution in [1.82, 2.24) is 89.7 Å². The van der Waals surface area contributed by atoms with Crippen molar-refractivity contribution in [2.24, 2.45) is 63.4 Å². The number of carbonyl (C=O) groups excluding carboxylic acids is 15. The van der Waals surface area contributed by atoms with Gasteiger partial charge in [-0.1, -0.05) is 107 Å². The summed E-state index contributed by atoms with van der Waals surface area (Å²) in [6.07, 6.45) is 5.62. The molecule has 3 aromatic carbocycles. The van der Waals surface area contributed by atoms with Crippen LogP contribution in [0.15, 0.2) is 91.3 Å². The highest BCUT2D eigenvalue weighted by molar-refractivity contribution is 7.98. The molecule has 45 nitrogen and oxygen atoms in total. The summed E-state index contributed by atoms with van der Waals surface area (Å²) in [6.45, 7) is 8.01. The number of fused-ring (bicyclic) bond motifs is 2.